The Bertz CT molecular complexity index is 402. The lowest BCUT2D eigenvalue weighted by molar-refractivity contribution is 0.106. The number of piperidine rings is 1. The van der Waals surface area contributed by atoms with Crippen molar-refractivity contribution in [2.45, 2.75) is 38.6 Å². The molecule has 0 aromatic rings. The summed E-state index contributed by atoms with van der Waals surface area (Å²) < 4.78 is 22.7. The van der Waals surface area contributed by atoms with E-state index in [0.29, 0.717) is 17.5 Å². The average molecular weight is 256 g/mol. The lowest BCUT2D eigenvalue weighted by Crippen LogP contribution is -2.47. The summed E-state index contributed by atoms with van der Waals surface area (Å²) in [6, 6.07) is 2.81. The minimum absolute atomic E-state index is 0.169. The number of hydrogen-bond acceptors (Lipinski definition) is 4. The summed E-state index contributed by atoms with van der Waals surface area (Å²) in [6.45, 7) is 3.90. The van der Waals surface area contributed by atoms with Gasteiger partial charge in [-0.25, -0.2) is 8.42 Å². The minimum atomic E-state index is -2.76. The van der Waals surface area contributed by atoms with Crippen molar-refractivity contribution in [1.82, 2.24) is 4.90 Å². The number of sulfone groups is 1. The highest BCUT2D eigenvalue weighted by Crippen LogP contribution is 2.32. The summed E-state index contributed by atoms with van der Waals surface area (Å²) in [5.74, 6) is 0.674. The fraction of sp³-hybridized carbons (Fsp3) is 0.917. The maximum absolute atomic E-state index is 11.4. The van der Waals surface area contributed by atoms with E-state index in [1.54, 1.807) is 0 Å². The van der Waals surface area contributed by atoms with Gasteiger partial charge in [0.05, 0.1) is 23.0 Å². The monoisotopic (exact) mass is 256 g/mol. The Hall–Kier alpha value is -0.600. The van der Waals surface area contributed by atoms with Crippen LogP contribution in [0.4, 0.5) is 0 Å². The van der Waals surface area contributed by atoms with Crippen LogP contribution in [0.1, 0.15) is 32.6 Å². The van der Waals surface area contributed by atoms with Gasteiger partial charge in [0.1, 0.15) is 9.84 Å². The predicted molar refractivity (Wildman–Crippen MR) is 66.2 cm³/mol. The molecule has 0 aromatic carbocycles. The molecular formula is C12H20N2O2S. The van der Waals surface area contributed by atoms with Crippen LogP contribution in [0.3, 0.4) is 0 Å². The lowest BCUT2D eigenvalue weighted by atomic mass is 9.81. The Morgan fingerprint density at radius 2 is 1.76 bits per heavy atom. The SMILES string of the molecule is CC1(C#N)CCN(C2CCS(=O)(=O)CC2)CC1. The highest BCUT2D eigenvalue weighted by molar-refractivity contribution is 7.91. The van der Waals surface area contributed by atoms with Gasteiger partial charge in [0, 0.05) is 6.04 Å². The van der Waals surface area contributed by atoms with E-state index in [2.05, 4.69) is 11.0 Å². The third kappa shape index (κ3) is 2.99. The Morgan fingerprint density at radius 3 is 2.24 bits per heavy atom. The first-order valence-electron chi connectivity index (χ1n) is 6.30. The van der Waals surface area contributed by atoms with E-state index in [-0.39, 0.29) is 5.41 Å². The quantitative estimate of drug-likeness (QED) is 0.707. The van der Waals surface area contributed by atoms with E-state index in [4.69, 9.17) is 5.26 Å². The van der Waals surface area contributed by atoms with Crippen LogP contribution in [0.5, 0.6) is 0 Å². The lowest BCUT2D eigenvalue weighted by Gasteiger charge is -2.40. The van der Waals surface area contributed by atoms with Crippen LogP contribution in [-0.4, -0.2) is 44.0 Å². The highest BCUT2D eigenvalue weighted by atomic mass is 32.2. The van der Waals surface area contributed by atoms with E-state index in [1.165, 1.54) is 0 Å². The fourth-order valence-electron chi connectivity index (χ4n) is 2.74. The molecule has 2 fully saturated rings. The molecule has 0 atom stereocenters. The van der Waals surface area contributed by atoms with Crippen molar-refractivity contribution in [1.29, 1.82) is 5.26 Å². The Labute approximate surface area is 104 Å². The molecule has 0 radical (unpaired) electrons. The Kier molecular flexibility index (Phi) is 3.46. The zero-order valence-electron chi connectivity index (χ0n) is 10.4. The molecule has 0 spiro atoms. The summed E-state index contributed by atoms with van der Waals surface area (Å²) in [5, 5.41) is 9.07. The van der Waals surface area contributed by atoms with Gasteiger partial charge in [-0.15, -0.1) is 0 Å². The van der Waals surface area contributed by atoms with E-state index in [9.17, 15) is 8.42 Å². The van der Waals surface area contributed by atoms with Gasteiger partial charge in [-0.1, -0.05) is 0 Å². The molecule has 0 aromatic heterocycles. The van der Waals surface area contributed by atoms with Gasteiger partial charge in [0.2, 0.25) is 0 Å². The molecule has 4 nitrogen and oxygen atoms in total. The predicted octanol–water partition coefficient (Wildman–Crippen LogP) is 1.19. The van der Waals surface area contributed by atoms with Crippen LogP contribution in [0.25, 0.3) is 0 Å². The maximum atomic E-state index is 11.4. The average Bonchev–Trinajstić information content (AvgIpc) is 2.31. The molecule has 2 heterocycles. The summed E-state index contributed by atoms with van der Waals surface area (Å²) >= 11 is 0. The standard InChI is InChI=1S/C12H20N2O2S/c1-12(10-13)4-6-14(7-5-12)11-2-8-17(15,16)9-3-11/h11H,2-9H2,1H3. The molecule has 0 aliphatic carbocycles. The Morgan fingerprint density at radius 1 is 1.24 bits per heavy atom. The minimum Gasteiger partial charge on any atom is -0.300 e. The van der Waals surface area contributed by atoms with Crippen molar-refractivity contribution >= 4 is 9.84 Å². The number of nitriles is 1. The van der Waals surface area contributed by atoms with E-state index in [0.717, 1.165) is 38.8 Å². The van der Waals surface area contributed by atoms with Crippen LogP contribution < -0.4 is 0 Å². The first kappa shape index (κ1) is 12.8. The zero-order chi connectivity index (χ0) is 12.5. The molecule has 96 valence electrons. The molecule has 17 heavy (non-hydrogen) atoms. The number of rotatable bonds is 1. The smallest absolute Gasteiger partial charge is 0.150 e. The second-order valence-corrected chi connectivity index (χ2v) is 7.90. The van der Waals surface area contributed by atoms with Gasteiger partial charge in [-0.2, -0.15) is 5.26 Å². The maximum Gasteiger partial charge on any atom is 0.150 e. The van der Waals surface area contributed by atoms with Crippen molar-refractivity contribution in [3.8, 4) is 6.07 Å². The molecular weight excluding hydrogens is 236 g/mol. The van der Waals surface area contributed by atoms with Crippen LogP contribution in [0.15, 0.2) is 0 Å². The normalized spacial score (nSPS) is 29.6. The van der Waals surface area contributed by atoms with Gasteiger partial charge < -0.3 is 4.90 Å². The highest BCUT2D eigenvalue weighted by Gasteiger charge is 2.34. The first-order chi connectivity index (χ1) is 7.94. The molecule has 2 aliphatic rings. The third-order valence-electron chi connectivity index (χ3n) is 4.21. The number of likely N-dealkylation sites (tertiary alicyclic amines) is 1. The molecule has 2 rings (SSSR count). The topological polar surface area (TPSA) is 61.2 Å². The van der Waals surface area contributed by atoms with E-state index < -0.39 is 9.84 Å². The molecule has 0 unspecified atom stereocenters. The summed E-state index contributed by atoms with van der Waals surface area (Å²) in [4.78, 5) is 2.38. The molecule has 0 bridgehead atoms. The van der Waals surface area contributed by atoms with Crippen LogP contribution in [0.2, 0.25) is 0 Å². The summed E-state index contributed by atoms with van der Waals surface area (Å²) in [5.41, 5.74) is -0.169. The second kappa shape index (κ2) is 4.58. The van der Waals surface area contributed by atoms with Gasteiger partial charge in [-0.3, -0.25) is 0 Å². The number of hydrogen-bond donors (Lipinski definition) is 0. The molecule has 0 N–H and O–H groups in total. The van der Waals surface area contributed by atoms with Gasteiger partial charge >= 0.3 is 0 Å². The van der Waals surface area contributed by atoms with Crippen LogP contribution in [0, 0.1) is 16.7 Å². The molecule has 2 aliphatic heterocycles. The van der Waals surface area contributed by atoms with Gasteiger partial charge in [0.25, 0.3) is 0 Å². The van der Waals surface area contributed by atoms with Crippen LogP contribution in [-0.2, 0) is 9.84 Å². The van der Waals surface area contributed by atoms with Crippen molar-refractivity contribution in [3.05, 3.63) is 0 Å². The van der Waals surface area contributed by atoms with Crippen molar-refractivity contribution in [3.63, 3.8) is 0 Å². The molecule has 0 amide bonds. The first-order valence-corrected chi connectivity index (χ1v) is 8.12. The van der Waals surface area contributed by atoms with Crippen molar-refractivity contribution in [2.24, 2.45) is 5.41 Å². The molecule has 0 saturated carbocycles. The van der Waals surface area contributed by atoms with E-state index in [1.807, 2.05) is 6.92 Å². The second-order valence-electron chi connectivity index (χ2n) is 5.59. The third-order valence-corrected chi connectivity index (χ3v) is 5.93. The van der Waals surface area contributed by atoms with Crippen LogP contribution >= 0.6 is 0 Å². The largest absolute Gasteiger partial charge is 0.300 e. The molecule has 5 heteroatoms. The van der Waals surface area contributed by atoms with Crippen molar-refractivity contribution in [2.75, 3.05) is 24.6 Å². The number of nitrogens with zero attached hydrogens (tertiary/aromatic N) is 2. The summed E-state index contributed by atoms with van der Waals surface area (Å²) in [7, 11) is -2.76. The van der Waals surface area contributed by atoms with Gasteiger partial charge in [-0.05, 0) is 45.7 Å². The fourth-order valence-corrected chi connectivity index (χ4v) is 4.20. The van der Waals surface area contributed by atoms with Crippen molar-refractivity contribution < 1.29 is 8.42 Å². The zero-order valence-corrected chi connectivity index (χ0v) is 11.2. The molecule has 2 saturated heterocycles. The van der Waals surface area contributed by atoms with E-state index >= 15 is 0 Å². The summed E-state index contributed by atoms with van der Waals surface area (Å²) in [6.07, 6.45) is 3.36. The Balaban J connectivity index is 1.89. The van der Waals surface area contributed by atoms with Gasteiger partial charge in [0.15, 0.2) is 0 Å².